The number of non-ortho nitro benzene ring substituents is 1. The molecular formula is C13H20N2O5. The Morgan fingerprint density at radius 2 is 1.90 bits per heavy atom. The number of hydrogen-bond acceptors (Lipinski definition) is 6. The lowest BCUT2D eigenvalue weighted by Gasteiger charge is -2.23. The first-order valence-corrected chi connectivity index (χ1v) is 6.51. The predicted molar refractivity (Wildman–Crippen MR) is 75.3 cm³/mol. The summed E-state index contributed by atoms with van der Waals surface area (Å²) in [6.45, 7) is 2.79. The van der Waals surface area contributed by atoms with Crippen molar-refractivity contribution in [2.24, 2.45) is 0 Å². The number of aliphatic hydroxyl groups excluding tert-OH is 2. The molecular weight excluding hydrogens is 264 g/mol. The summed E-state index contributed by atoms with van der Waals surface area (Å²) in [5.74, 6) is 0.414. The summed E-state index contributed by atoms with van der Waals surface area (Å²) in [7, 11) is 0. The van der Waals surface area contributed by atoms with Gasteiger partial charge in [-0.2, -0.15) is 0 Å². The number of rotatable bonds is 9. The van der Waals surface area contributed by atoms with Crippen LogP contribution in [0.2, 0.25) is 0 Å². The molecule has 0 aliphatic heterocycles. The van der Waals surface area contributed by atoms with E-state index in [2.05, 4.69) is 0 Å². The SMILES string of the molecule is CCCOc1cc(N(CCO)CCO)cc([N+](=O)[O-])c1. The third-order valence-corrected chi connectivity index (χ3v) is 2.66. The van der Waals surface area contributed by atoms with Crippen LogP contribution in [0.1, 0.15) is 13.3 Å². The highest BCUT2D eigenvalue weighted by Gasteiger charge is 2.14. The standard InChI is InChI=1S/C13H20N2O5/c1-2-7-20-13-9-11(8-12(10-13)15(18)19)14(3-5-16)4-6-17/h8-10,16-17H,2-7H2,1H3. The summed E-state index contributed by atoms with van der Waals surface area (Å²) in [5.41, 5.74) is 0.475. The minimum atomic E-state index is -0.488. The van der Waals surface area contributed by atoms with Crippen molar-refractivity contribution in [3.05, 3.63) is 28.3 Å². The molecule has 1 aromatic carbocycles. The number of benzene rings is 1. The van der Waals surface area contributed by atoms with Gasteiger partial charge in [0.05, 0.1) is 30.8 Å². The van der Waals surface area contributed by atoms with E-state index in [9.17, 15) is 10.1 Å². The smallest absolute Gasteiger partial charge is 0.275 e. The number of hydrogen-bond donors (Lipinski definition) is 2. The zero-order valence-corrected chi connectivity index (χ0v) is 11.5. The number of nitro groups is 1. The van der Waals surface area contributed by atoms with Crippen LogP contribution in [0.4, 0.5) is 11.4 Å². The average Bonchev–Trinajstić information content (AvgIpc) is 2.44. The second-order valence-electron chi connectivity index (χ2n) is 4.22. The first kappa shape index (κ1) is 16.2. The van der Waals surface area contributed by atoms with Gasteiger partial charge in [-0.25, -0.2) is 0 Å². The van der Waals surface area contributed by atoms with Crippen molar-refractivity contribution in [3.8, 4) is 5.75 Å². The van der Waals surface area contributed by atoms with Gasteiger partial charge in [-0.05, 0) is 6.42 Å². The van der Waals surface area contributed by atoms with Crippen LogP contribution in [-0.4, -0.2) is 48.0 Å². The van der Waals surface area contributed by atoms with E-state index < -0.39 is 4.92 Å². The van der Waals surface area contributed by atoms with Crippen LogP contribution in [0.25, 0.3) is 0 Å². The van der Waals surface area contributed by atoms with Crippen LogP contribution in [0, 0.1) is 10.1 Å². The molecule has 0 aromatic heterocycles. The maximum Gasteiger partial charge on any atom is 0.275 e. The minimum absolute atomic E-state index is 0.0746. The molecule has 0 heterocycles. The van der Waals surface area contributed by atoms with Gasteiger partial charge in [-0.3, -0.25) is 10.1 Å². The lowest BCUT2D eigenvalue weighted by atomic mass is 10.2. The Kier molecular flexibility index (Phi) is 6.75. The number of nitrogens with zero attached hydrogens (tertiary/aromatic N) is 2. The molecule has 112 valence electrons. The first-order valence-electron chi connectivity index (χ1n) is 6.51. The van der Waals surface area contributed by atoms with Crippen LogP contribution >= 0.6 is 0 Å². The number of aliphatic hydroxyl groups is 2. The summed E-state index contributed by atoms with van der Waals surface area (Å²) < 4.78 is 5.44. The van der Waals surface area contributed by atoms with Gasteiger partial charge >= 0.3 is 0 Å². The topological polar surface area (TPSA) is 96.1 Å². The van der Waals surface area contributed by atoms with Crippen molar-refractivity contribution in [2.45, 2.75) is 13.3 Å². The third kappa shape index (κ3) is 4.67. The summed E-state index contributed by atoms with van der Waals surface area (Å²) in [6, 6.07) is 4.45. The monoisotopic (exact) mass is 284 g/mol. The molecule has 7 heteroatoms. The molecule has 0 fully saturated rings. The summed E-state index contributed by atoms with van der Waals surface area (Å²) >= 11 is 0. The Bertz CT molecular complexity index is 433. The van der Waals surface area contributed by atoms with Crippen LogP contribution in [0.15, 0.2) is 18.2 Å². The Balaban J connectivity index is 3.07. The summed E-state index contributed by atoms with van der Waals surface area (Å²) in [4.78, 5) is 12.1. The fourth-order valence-corrected chi connectivity index (χ4v) is 1.77. The van der Waals surface area contributed by atoms with Crippen LogP contribution in [0.3, 0.4) is 0 Å². The molecule has 0 aliphatic rings. The quantitative estimate of drug-likeness (QED) is 0.522. The van der Waals surface area contributed by atoms with Crippen LogP contribution in [0.5, 0.6) is 5.75 Å². The van der Waals surface area contributed by atoms with E-state index in [1.165, 1.54) is 12.1 Å². The summed E-state index contributed by atoms with van der Waals surface area (Å²) in [5, 5.41) is 29.0. The van der Waals surface area contributed by atoms with Gasteiger partial charge in [-0.15, -0.1) is 0 Å². The van der Waals surface area contributed by atoms with Crippen molar-refractivity contribution in [1.82, 2.24) is 0 Å². The molecule has 7 nitrogen and oxygen atoms in total. The molecule has 1 aromatic rings. The van der Waals surface area contributed by atoms with Gasteiger partial charge in [0.25, 0.3) is 5.69 Å². The lowest BCUT2D eigenvalue weighted by molar-refractivity contribution is -0.384. The Morgan fingerprint density at radius 1 is 1.25 bits per heavy atom. The Morgan fingerprint density at radius 3 is 2.40 bits per heavy atom. The maximum atomic E-state index is 11.0. The highest BCUT2D eigenvalue weighted by Crippen LogP contribution is 2.28. The van der Waals surface area contributed by atoms with E-state index in [4.69, 9.17) is 14.9 Å². The van der Waals surface area contributed by atoms with Crippen molar-refractivity contribution >= 4 is 11.4 Å². The van der Waals surface area contributed by atoms with Gasteiger partial charge in [-0.1, -0.05) is 6.92 Å². The van der Waals surface area contributed by atoms with Gasteiger partial charge < -0.3 is 19.8 Å². The molecule has 0 radical (unpaired) electrons. The molecule has 0 spiro atoms. The zero-order chi connectivity index (χ0) is 15.0. The van der Waals surface area contributed by atoms with Crippen molar-refractivity contribution in [2.75, 3.05) is 37.8 Å². The van der Waals surface area contributed by atoms with Crippen molar-refractivity contribution < 1.29 is 19.9 Å². The Labute approximate surface area is 117 Å². The molecule has 2 N–H and O–H groups in total. The van der Waals surface area contributed by atoms with Crippen LogP contribution in [-0.2, 0) is 0 Å². The number of ether oxygens (including phenoxy) is 1. The van der Waals surface area contributed by atoms with E-state index in [1.54, 1.807) is 11.0 Å². The normalized spacial score (nSPS) is 10.3. The average molecular weight is 284 g/mol. The van der Waals surface area contributed by atoms with Gasteiger partial charge in [0.15, 0.2) is 0 Å². The lowest BCUT2D eigenvalue weighted by Crippen LogP contribution is -2.29. The predicted octanol–water partition coefficient (Wildman–Crippen LogP) is 1.17. The molecule has 0 saturated heterocycles. The first-order chi connectivity index (χ1) is 9.62. The maximum absolute atomic E-state index is 11.0. The van der Waals surface area contributed by atoms with Crippen LogP contribution < -0.4 is 9.64 Å². The highest BCUT2D eigenvalue weighted by molar-refractivity contribution is 5.58. The van der Waals surface area contributed by atoms with E-state index in [-0.39, 0.29) is 32.0 Å². The largest absolute Gasteiger partial charge is 0.493 e. The zero-order valence-electron chi connectivity index (χ0n) is 11.5. The second kappa shape index (κ2) is 8.34. The van der Waals surface area contributed by atoms with E-state index in [0.717, 1.165) is 6.42 Å². The van der Waals surface area contributed by atoms with E-state index in [1.807, 2.05) is 6.92 Å². The number of nitro benzene ring substituents is 1. The minimum Gasteiger partial charge on any atom is -0.493 e. The van der Waals surface area contributed by atoms with Crippen molar-refractivity contribution in [3.63, 3.8) is 0 Å². The fourth-order valence-electron chi connectivity index (χ4n) is 1.77. The molecule has 0 saturated carbocycles. The molecule has 0 aliphatic carbocycles. The summed E-state index contributed by atoms with van der Waals surface area (Å²) in [6.07, 6.45) is 0.801. The van der Waals surface area contributed by atoms with Crippen molar-refractivity contribution in [1.29, 1.82) is 0 Å². The fraction of sp³-hybridized carbons (Fsp3) is 0.538. The Hall–Kier alpha value is -1.86. The van der Waals surface area contributed by atoms with Gasteiger partial charge in [0, 0.05) is 30.9 Å². The molecule has 20 heavy (non-hydrogen) atoms. The highest BCUT2D eigenvalue weighted by atomic mass is 16.6. The molecule has 1 rings (SSSR count). The molecule has 0 unspecified atom stereocenters. The van der Waals surface area contributed by atoms with Gasteiger partial charge in [0.2, 0.25) is 0 Å². The number of anilines is 1. The molecule has 0 bridgehead atoms. The van der Waals surface area contributed by atoms with Gasteiger partial charge in [0.1, 0.15) is 5.75 Å². The molecule has 0 atom stereocenters. The molecule has 0 amide bonds. The third-order valence-electron chi connectivity index (χ3n) is 2.66. The second-order valence-corrected chi connectivity index (χ2v) is 4.22. The van der Waals surface area contributed by atoms with E-state index in [0.29, 0.717) is 18.0 Å². The van der Waals surface area contributed by atoms with E-state index >= 15 is 0 Å².